The van der Waals surface area contributed by atoms with Gasteiger partial charge in [-0.1, -0.05) is 92.7 Å². The molecule has 1 unspecified atom stereocenters. The topological polar surface area (TPSA) is 41.6 Å². The highest BCUT2D eigenvalue weighted by Crippen LogP contribution is 2.33. The van der Waals surface area contributed by atoms with Gasteiger partial charge in [-0.25, -0.2) is 0 Å². The first-order valence-corrected chi connectivity index (χ1v) is 13.9. The van der Waals surface area contributed by atoms with Crippen LogP contribution >= 0.6 is 0 Å². The van der Waals surface area contributed by atoms with E-state index in [-0.39, 0.29) is 17.9 Å². The first-order valence-electron chi connectivity index (χ1n) is 13.9. The zero-order valence-electron chi connectivity index (χ0n) is 22.5. The van der Waals surface area contributed by atoms with Gasteiger partial charge in [0.25, 0.3) is 0 Å². The highest BCUT2D eigenvalue weighted by Gasteiger charge is 2.23. The third-order valence-electron chi connectivity index (χ3n) is 7.64. The zero-order valence-corrected chi connectivity index (χ0v) is 22.5. The Hall–Kier alpha value is -3.63. The van der Waals surface area contributed by atoms with Crippen LogP contribution < -0.4 is 10.1 Å². The number of carbonyl (C=O) groups excluding carboxylic acids is 1. The predicted octanol–water partition coefficient (Wildman–Crippen LogP) is 7.82. The molecule has 1 aliphatic heterocycles. The van der Waals surface area contributed by atoms with Gasteiger partial charge in [-0.3, -0.25) is 4.79 Å². The minimum atomic E-state index is -0.0220. The Bertz CT molecular complexity index is 1340. The summed E-state index contributed by atoms with van der Waals surface area (Å²) in [7, 11) is 0. The van der Waals surface area contributed by atoms with Gasteiger partial charge in [0.15, 0.2) is 0 Å². The van der Waals surface area contributed by atoms with Crippen molar-refractivity contribution in [2.75, 3.05) is 25.0 Å². The molecule has 4 nitrogen and oxygen atoms in total. The lowest BCUT2D eigenvalue weighted by molar-refractivity contribution is -0.118. The maximum Gasteiger partial charge on any atom is 0.226 e. The van der Waals surface area contributed by atoms with Crippen molar-refractivity contribution in [2.24, 2.45) is 5.92 Å². The molecule has 0 saturated carbocycles. The molecule has 4 aromatic rings. The number of carbonyl (C=O) groups is 1. The summed E-state index contributed by atoms with van der Waals surface area (Å²) >= 11 is 0. The molecule has 1 aliphatic rings. The van der Waals surface area contributed by atoms with E-state index < -0.39 is 0 Å². The lowest BCUT2D eigenvalue weighted by Gasteiger charge is -2.33. The average Bonchev–Trinajstić information content (AvgIpc) is 2.96. The predicted molar refractivity (Wildman–Crippen MR) is 157 cm³/mol. The Morgan fingerprint density at radius 2 is 1.61 bits per heavy atom. The third kappa shape index (κ3) is 6.43. The fourth-order valence-corrected chi connectivity index (χ4v) is 5.36. The number of rotatable bonds is 9. The Kier molecular flexibility index (Phi) is 8.40. The van der Waals surface area contributed by atoms with E-state index in [9.17, 15) is 4.79 Å². The summed E-state index contributed by atoms with van der Waals surface area (Å²) in [5, 5.41) is 5.40. The fraction of sp³-hybridized carbons (Fsp3) is 0.324. The van der Waals surface area contributed by atoms with Crippen LogP contribution in [0.25, 0.3) is 10.8 Å². The summed E-state index contributed by atoms with van der Waals surface area (Å²) in [6.07, 6.45) is 3.19. The van der Waals surface area contributed by atoms with Gasteiger partial charge < -0.3 is 15.0 Å². The monoisotopic (exact) mass is 506 g/mol. The molecule has 1 fully saturated rings. The molecule has 1 N–H and O–H groups in total. The summed E-state index contributed by atoms with van der Waals surface area (Å²) < 4.78 is 6.70. The summed E-state index contributed by atoms with van der Waals surface area (Å²) in [5.41, 5.74) is 3.45. The molecule has 1 saturated heterocycles. The second-order valence-electron chi connectivity index (χ2n) is 10.7. The van der Waals surface area contributed by atoms with Crippen LogP contribution in [0.1, 0.15) is 56.3 Å². The smallest absolute Gasteiger partial charge is 0.226 e. The summed E-state index contributed by atoms with van der Waals surface area (Å²) in [5.74, 6) is 1.51. The van der Waals surface area contributed by atoms with E-state index in [4.69, 9.17) is 4.74 Å². The molecular weight excluding hydrogens is 468 g/mol. The second-order valence-corrected chi connectivity index (χ2v) is 10.7. The van der Waals surface area contributed by atoms with Crippen molar-refractivity contribution < 1.29 is 9.53 Å². The van der Waals surface area contributed by atoms with E-state index in [1.54, 1.807) is 0 Å². The zero-order chi connectivity index (χ0) is 26.3. The second kappa shape index (κ2) is 12.3. The molecule has 196 valence electrons. The molecule has 5 rings (SSSR count). The first-order chi connectivity index (χ1) is 18.6. The molecule has 0 radical (unpaired) electrons. The van der Waals surface area contributed by atoms with Crippen molar-refractivity contribution >= 4 is 22.4 Å². The maximum absolute atomic E-state index is 12.1. The number of likely N-dealkylation sites (tertiary alicyclic amines) is 1. The van der Waals surface area contributed by atoms with Crippen molar-refractivity contribution in [2.45, 2.75) is 45.1 Å². The van der Waals surface area contributed by atoms with Crippen molar-refractivity contribution in [3.05, 3.63) is 108 Å². The number of fused-ring (bicyclic) bond motifs is 1. The number of hydrogen-bond donors (Lipinski definition) is 1. The Labute approximate surface area is 226 Å². The Morgan fingerprint density at radius 3 is 2.39 bits per heavy atom. The SMILES string of the molecule is CC(C)C(=O)Nc1cccc(C2CCN(CCC(Oc3cccc4ccccc34)c3ccccc3)CC2)c1. The summed E-state index contributed by atoms with van der Waals surface area (Å²) in [6.45, 7) is 6.99. The van der Waals surface area contributed by atoms with Crippen LogP contribution in [-0.2, 0) is 4.79 Å². The third-order valence-corrected chi connectivity index (χ3v) is 7.64. The van der Waals surface area contributed by atoms with Crippen molar-refractivity contribution in [1.82, 2.24) is 4.90 Å². The van der Waals surface area contributed by atoms with Gasteiger partial charge in [-0.05, 0) is 66.6 Å². The van der Waals surface area contributed by atoms with Gasteiger partial charge in [-0.2, -0.15) is 0 Å². The molecule has 1 atom stereocenters. The van der Waals surface area contributed by atoms with Crippen molar-refractivity contribution in [3.63, 3.8) is 0 Å². The van der Waals surface area contributed by atoms with E-state index >= 15 is 0 Å². The van der Waals surface area contributed by atoms with E-state index in [1.807, 2.05) is 19.9 Å². The number of nitrogens with one attached hydrogen (secondary N) is 1. The summed E-state index contributed by atoms with van der Waals surface area (Å²) in [6, 6.07) is 33.7. The van der Waals surface area contributed by atoms with Crippen LogP contribution in [0.5, 0.6) is 5.75 Å². The molecule has 0 bridgehead atoms. The highest BCUT2D eigenvalue weighted by atomic mass is 16.5. The first kappa shape index (κ1) is 26.0. The van der Waals surface area contributed by atoms with Gasteiger partial charge in [0.05, 0.1) is 0 Å². The standard InChI is InChI=1S/C34H38N2O2/c1-25(2)34(37)35-30-15-8-14-29(24-30)26-18-21-36(22-19-26)23-20-32(28-11-4-3-5-12-28)38-33-17-9-13-27-10-6-7-16-31(27)33/h3-17,24-26,32H,18-23H2,1-2H3,(H,35,37). The molecule has 1 heterocycles. The number of ether oxygens (including phenoxy) is 1. The Balaban J connectivity index is 1.21. The maximum atomic E-state index is 12.1. The van der Waals surface area contributed by atoms with E-state index in [0.717, 1.165) is 55.7 Å². The summed E-state index contributed by atoms with van der Waals surface area (Å²) in [4.78, 5) is 14.7. The largest absolute Gasteiger partial charge is 0.485 e. The minimum absolute atomic E-state index is 0.000907. The highest BCUT2D eigenvalue weighted by molar-refractivity contribution is 5.92. The molecule has 0 aromatic heterocycles. The molecular formula is C34H38N2O2. The van der Waals surface area contributed by atoms with Crippen LogP contribution in [-0.4, -0.2) is 30.4 Å². The molecule has 0 aliphatic carbocycles. The van der Waals surface area contributed by atoms with Crippen molar-refractivity contribution in [3.8, 4) is 5.75 Å². The number of hydrogen-bond acceptors (Lipinski definition) is 3. The van der Waals surface area contributed by atoms with Crippen LogP contribution in [0.4, 0.5) is 5.69 Å². The number of nitrogens with zero attached hydrogens (tertiary/aromatic N) is 1. The van der Waals surface area contributed by atoms with Crippen molar-refractivity contribution in [1.29, 1.82) is 0 Å². The van der Waals surface area contributed by atoms with Crippen LogP contribution in [0, 0.1) is 5.92 Å². The van der Waals surface area contributed by atoms with Crippen LogP contribution in [0.3, 0.4) is 0 Å². The lowest BCUT2D eigenvalue weighted by atomic mass is 9.89. The van der Waals surface area contributed by atoms with Gasteiger partial charge in [0.2, 0.25) is 5.91 Å². The molecule has 4 heteroatoms. The van der Waals surface area contributed by atoms with Gasteiger partial charge in [-0.15, -0.1) is 0 Å². The van der Waals surface area contributed by atoms with E-state index in [2.05, 4.69) is 101 Å². The van der Waals surface area contributed by atoms with Gasteiger partial charge in [0, 0.05) is 30.0 Å². The fourth-order valence-electron chi connectivity index (χ4n) is 5.36. The quantitative estimate of drug-likeness (QED) is 0.252. The number of anilines is 1. The van der Waals surface area contributed by atoms with Crippen LogP contribution in [0.2, 0.25) is 0 Å². The molecule has 38 heavy (non-hydrogen) atoms. The number of amides is 1. The lowest BCUT2D eigenvalue weighted by Crippen LogP contribution is -2.34. The van der Waals surface area contributed by atoms with Gasteiger partial charge in [0.1, 0.15) is 11.9 Å². The van der Waals surface area contributed by atoms with E-state index in [0.29, 0.717) is 5.92 Å². The number of benzene rings is 4. The number of piperidine rings is 1. The molecule has 0 spiro atoms. The average molecular weight is 507 g/mol. The normalized spacial score (nSPS) is 15.4. The molecule has 4 aromatic carbocycles. The Morgan fingerprint density at radius 1 is 0.895 bits per heavy atom. The van der Waals surface area contributed by atoms with Gasteiger partial charge >= 0.3 is 0 Å². The minimum Gasteiger partial charge on any atom is -0.485 e. The van der Waals surface area contributed by atoms with E-state index in [1.165, 1.54) is 16.5 Å². The molecule has 1 amide bonds. The van der Waals surface area contributed by atoms with Crippen LogP contribution in [0.15, 0.2) is 97.1 Å².